The Morgan fingerprint density at radius 2 is 2.35 bits per heavy atom. The Morgan fingerprint density at radius 3 is 2.95 bits per heavy atom. The van der Waals surface area contributed by atoms with Crippen LogP contribution in [0.5, 0.6) is 0 Å². The number of carbonyl (C=O) groups is 1. The second-order valence-corrected chi connectivity index (χ2v) is 5.72. The van der Waals surface area contributed by atoms with Gasteiger partial charge in [0.05, 0.1) is 12.3 Å². The first-order valence-corrected chi connectivity index (χ1v) is 7.03. The summed E-state index contributed by atoms with van der Waals surface area (Å²) in [5.41, 5.74) is 0.309. The fraction of sp³-hybridized carbons (Fsp3) is 0.600. The van der Waals surface area contributed by atoms with Gasteiger partial charge in [0.1, 0.15) is 11.5 Å². The van der Waals surface area contributed by atoms with Crippen LogP contribution in [-0.2, 0) is 0 Å². The summed E-state index contributed by atoms with van der Waals surface area (Å²) in [7, 11) is 0. The summed E-state index contributed by atoms with van der Waals surface area (Å²) in [5, 5.41) is 9.70. The van der Waals surface area contributed by atoms with E-state index in [9.17, 15) is 14.3 Å². The zero-order chi connectivity index (χ0) is 14.7. The van der Waals surface area contributed by atoms with Crippen LogP contribution in [0, 0.1) is 17.7 Å². The van der Waals surface area contributed by atoms with Gasteiger partial charge >= 0.3 is 0 Å². The molecular weight excluding hydrogens is 259 g/mol. The Balaban J connectivity index is 1.93. The van der Waals surface area contributed by atoms with Gasteiger partial charge in [0.25, 0.3) is 0 Å². The molecule has 3 unspecified atom stereocenters. The third-order valence-electron chi connectivity index (χ3n) is 3.90. The number of aromatic nitrogens is 1. The number of Topliss-reactive ketones (excluding diaryl/α,β-unsaturated/α-hetero) is 1. The molecule has 0 amide bonds. The summed E-state index contributed by atoms with van der Waals surface area (Å²) >= 11 is 0. The van der Waals surface area contributed by atoms with Crippen LogP contribution < -0.4 is 0 Å². The van der Waals surface area contributed by atoms with E-state index in [4.69, 9.17) is 0 Å². The van der Waals surface area contributed by atoms with Gasteiger partial charge in [-0.3, -0.25) is 9.78 Å². The van der Waals surface area contributed by atoms with Gasteiger partial charge in [-0.2, -0.15) is 0 Å². The number of ketones is 1. The van der Waals surface area contributed by atoms with Crippen molar-refractivity contribution in [3.63, 3.8) is 0 Å². The molecule has 2 rings (SSSR count). The summed E-state index contributed by atoms with van der Waals surface area (Å²) in [6.07, 6.45) is 1.58. The molecule has 1 aromatic rings. The molecule has 0 saturated carbocycles. The van der Waals surface area contributed by atoms with E-state index in [0.717, 1.165) is 25.7 Å². The van der Waals surface area contributed by atoms with Crippen molar-refractivity contribution in [2.24, 2.45) is 11.8 Å². The molecule has 0 spiro atoms. The SMILES string of the molecule is CC(CN1CCC(O)C(C)C1)C(=O)c1ccc(F)cn1. The van der Waals surface area contributed by atoms with E-state index in [1.807, 2.05) is 13.8 Å². The lowest BCUT2D eigenvalue weighted by Crippen LogP contribution is -2.44. The summed E-state index contributed by atoms with van der Waals surface area (Å²) in [6.45, 7) is 6.14. The third kappa shape index (κ3) is 3.61. The van der Waals surface area contributed by atoms with E-state index in [-0.39, 0.29) is 23.7 Å². The van der Waals surface area contributed by atoms with E-state index in [0.29, 0.717) is 12.2 Å². The second-order valence-electron chi connectivity index (χ2n) is 5.72. The first kappa shape index (κ1) is 15.1. The Morgan fingerprint density at radius 1 is 1.60 bits per heavy atom. The van der Waals surface area contributed by atoms with Crippen LogP contribution >= 0.6 is 0 Å². The smallest absolute Gasteiger partial charge is 0.185 e. The second kappa shape index (κ2) is 6.41. The first-order chi connectivity index (χ1) is 9.47. The number of nitrogens with zero attached hydrogens (tertiary/aromatic N) is 2. The van der Waals surface area contributed by atoms with E-state index in [2.05, 4.69) is 9.88 Å². The van der Waals surface area contributed by atoms with Crippen molar-refractivity contribution < 1.29 is 14.3 Å². The molecule has 4 nitrogen and oxygen atoms in total. The Hall–Kier alpha value is -1.33. The molecule has 20 heavy (non-hydrogen) atoms. The van der Waals surface area contributed by atoms with Crippen molar-refractivity contribution in [1.29, 1.82) is 0 Å². The van der Waals surface area contributed by atoms with Gasteiger partial charge < -0.3 is 10.0 Å². The monoisotopic (exact) mass is 280 g/mol. The van der Waals surface area contributed by atoms with Crippen LogP contribution in [0.4, 0.5) is 4.39 Å². The Kier molecular flexibility index (Phi) is 4.83. The van der Waals surface area contributed by atoms with Gasteiger partial charge in [0.15, 0.2) is 5.78 Å². The van der Waals surface area contributed by atoms with Crippen molar-refractivity contribution in [3.05, 3.63) is 29.8 Å². The standard InChI is InChI=1S/C15H21FN2O2/c1-10-8-18(6-5-14(10)19)9-11(2)15(20)13-4-3-12(16)7-17-13/h3-4,7,10-11,14,19H,5-6,8-9H2,1-2H3. The van der Waals surface area contributed by atoms with Crippen LogP contribution in [0.15, 0.2) is 18.3 Å². The maximum absolute atomic E-state index is 12.8. The number of pyridine rings is 1. The van der Waals surface area contributed by atoms with E-state index in [1.165, 1.54) is 12.1 Å². The zero-order valence-electron chi connectivity index (χ0n) is 11.9. The summed E-state index contributed by atoms with van der Waals surface area (Å²) in [5.74, 6) is -0.456. The lowest BCUT2D eigenvalue weighted by atomic mass is 9.95. The minimum absolute atomic E-state index is 0.0659. The molecule has 0 radical (unpaired) electrons. The molecule has 2 heterocycles. The average Bonchev–Trinajstić information content (AvgIpc) is 2.43. The fourth-order valence-corrected chi connectivity index (χ4v) is 2.63. The van der Waals surface area contributed by atoms with Crippen LogP contribution in [-0.4, -0.2) is 46.5 Å². The van der Waals surface area contributed by atoms with E-state index >= 15 is 0 Å². The molecule has 0 aromatic carbocycles. The molecule has 0 bridgehead atoms. The largest absolute Gasteiger partial charge is 0.393 e. The van der Waals surface area contributed by atoms with Gasteiger partial charge in [-0.25, -0.2) is 4.39 Å². The first-order valence-electron chi connectivity index (χ1n) is 7.03. The van der Waals surface area contributed by atoms with Gasteiger partial charge in [-0.15, -0.1) is 0 Å². The highest BCUT2D eigenvalue weighted by Gasteiger charge is 2.27. The number of piperidine rings is 1. The van der Waals surface area contributed by atoms with Crippen molar-refractivity contribution in [3.8, 4) is 0 Å². The number of aliphatic hydroxyl groups is 1. The van der Waals surface area contributed by atoms with Crippen LogP contribution in [0.25, 0.3) is 0 Å². The maximum atomic E-state index is 12.8. The summed E-state index contributed by atoms with van der Waals surface area (Å²) < 4.78 is 12.8. The molecule has 1 fully saturated rings. The molecule has 3 atom stereocenters. The third-order valence-corrected chi connectivity index (χ3v) is 3.90. The highest BCUT2D eigenvalue weighted by atomic mass is 19.1. The van der Waals surface area contributed by atoms with Gasteiger partial charge in [-0.1, -0.05) is 13.8 Å². The number of rotatable bonds is 4. The normalized spacial score (nSPS) is 25.4. The lowest BCUT2D eigenvalue weighted by molar-refractivity contribution is 0.0298. The zero-order valence-corrected chi connectivity index (χ0v) is 11.9. The molecule has 0 aliphatic carbocycles. The predicted octanol–water partition coefficient (Wildman–Crippen LogP) is 1.74. The quantitative estimate of drug-likeness (QED) is 0.854. The van der Waals surface area contributed by atoms with Crippen LogP contribution in [0.2, 0.25) is 0 Å². The van der Waals surface area contributed by atoms with Gasteiger partial charge in [-0.05, 0) is 24.5 Å². The molecule has 1 N–H and O–H groups in total. The highest BCUT2D eigenvalue weighted by molar-refractivity contribution is 5.95. The lowest BCUT2D eigenvalue weighted by Gasteiger charge is -2.35. The molecule has 110 valence electrons. The van der Waals surface area contributed by atoms with Crippen LogP contribution in [0.1, 0.15) is 30.8 Å². The number of likely N-dealkylation sites (tertiary alicyclic amines) is 1. The van der Waals surface area contributed by atoms with Crippen molar-refractivity contribution in [2.75, 3.05) is 19.6 Å². The Bertz CT molecular complexity index is 463. The predicted molar refractivity (Wildman–Crippen MR) is 73.9 cm³/mol. The topological polar surface area (TPSA) is 53.4 Å². The average molecular weight is 280 g/mol. The van der Waals surface area contributed by atoms with Crippen molar-refractivity contribution in [1.82, 2.24) is 9.88 Å². The van der Waals surface area contributed by atoms with Gasteiger partial charge in [0.2, 0.25) is 0 Å². The molecular formula is C15H21FN2O2. The minimum Gasteiger partial charge on any atom is -0.393 e. The highest BCUT2D eigenvalue weighted by Crippen LogP contribution is 2.18. The van der Waals surface area contributed by atoms with Crippen molar-refractivity contribution >= 4 is 5.78 Å². The summed E-state index contributed by atoms with van der Waals surface area (Å²) in [6, 6.07) is 2.68. The van der Waals surface area contributed by atoms with Gasteiger partial charge in [0, 0.05) is 25.6 Å². The number of aliphatic hydroxyl groups excluding tert-OH is 1. The van der Waals surface area contributed by atoms with Crippen LogP contribution in [0.3, 0.4) is 0 Å². The number of hydrogen-bond donors (Lipinski definition) is 1. The van der Waals surface area contributed by atoms with E-state index < -0.39 is 5.82 Å². The van der Waals surface area contributed by atoms with Crippen molar-refractivity contribution in [2.45, 2.75) is 26.4 Å². The molecule has 1 aliphatic heterocycles. The fourth-order valence-electron chi connectivity index (χ4n) is 2.63. The summed E-state index contributed by atoms with van der Waals surface area (Å²) in [4.78, 5) is 18.2. The number of carbonyl (C=O) groups excluding carboxylic acids is 1. The molecule has 1 aromatic heterocycles. The number of halogens is 1. The maximum Gasteiger partial charge on any atom is 0.185 e. The molecule has 1 saturated heterocycles. The molecule has 5 heteroatoms. The molecule has 1 aliphatic rings. The number of hydrogen-bond acceptors (Lipinski definition) is 4. The minimum atomic E-state index is -0.437. The Labute approximate surface area is 118 Å². The van der Waals surface area contributed by atoms with E-state index in [1.54, 1.807) is 0 Å².